The molecule has 41 heavy (non-hydrogen) atoms. The number of fused-ring (bicyclic) bond motifs is 10. The van der Waals surface area contributed by atoms with E-state index in [1.165, 1.54) is 15.9 Å². The van der Waals surface area contributed by atoms with Crippen LogP contribution < -0.4 is 10.4 Å². The quantitative estimate of drug-likeness (QED) is 0.208. The molecule has 8 aromatic rings. The summed E-state index contributed by atoms with van der Waals surface area (Å²) < 4.78 is 8.80. The smallest absolute Gasteiger partial charge is 0.235 e. The molecule has 9 rings (SSSR count). The summed E-state index contributed by atoms with van der Waals surface area (Å²) in [5.41, 5.74) is 8.25. The zero-order valence-electron chi connectivity index (χ0n) is 22.7. The number of furan rings is 1. The minimum Gasteiger partial charge on any atom is -0.454 e. The first kappa shape index (κ1) is 22.8. The van der Waals surface area contributed by atoms with Crippen LogP contribution in [0.1, 0.15) is 0 Å². The largest absolute Gasteiger partial charge is 0.454 e. The monoisotopic (exact) mass is 543 g/mol. The molecule has 3 aromatic heterocycles. The first-order valence-corrected chi connectivity index (χ1v) is 17.0. The zero-order valence-corrected chi connectivity index (χ0v) is 23.7. The maximum atomic E-state index is 6.58. The number of hydrogen-bond donors (Lipinski definition) is 0. The molecular weight excluding hydrogens is 519 g/mol. The van der Waals surface area contributed by atoms with E-state index in [1.807, 2.05) is 12.1 Å². The first-order chi connectivity index (χ1) is 20.1. The lowest BCUT2D eigenvalue weighted by Crippen LogP contribution is -2.50. The van der Waals surface area contributed by atoms with Crippen LogP contribution in [0.4, 0.5) is 0 Å². The van der Waals surface area contributed by atoms with E-state index in [4.69, 9.17) is 14.4 Å². The maximum absolute atomic E-state index is 6.58. The topological polar surface area (TPSA) is 43.9 Å². The van der Waals surface area contributed by atoms with Crippen LogP contribution in [-0.2, 0) is 0 Å². The Labute approximate surface area is 237 Å². The van der Waals surface area contributed by atoms with Gasteiger partial charge in [0.2, 0.25) is 5.95 Å². The Morgan fingerprint density at radius 1 is 0.610 bits per heavy atom. The minimum atomic E-state index is -2.04. The summed E-state index contributed by atoms with van der Waals surface area (Å²) in [6.07, 6.45) is 0. The Morgan fingerprint density at radius 2 is 1.29 bits per heavy atom. The Hall–Kier alpha value is -5.00. The van der Waals surface area contributed by atoms with Crippen LogP contribution in [0, 0.1) is 0 Å². The van der Waals surface area contributed by atoms with Crippen molar-refractivity contribution in [1.29, 1.82) is 0 Å². The van der Waals surface area contributed by atoms with Crippen molar-refractivity contribution in [2.75, 3.05) is 0 Å². The molecule has 0 unspecified atom stereocenters. The van der Waals surface area contributed by atoms with Crippen molar-refractivity contribution in [3.8, 4) is 28.5 Å². The van der Waals surface area contributed by atoms with Gasteiger partial charge in [-0.1, -0.05) is 110 Å². The highest BCUT2D eigenvalue weighted by Gasteiger charge is 2.42. The number of hydrogen-bond acceptors (Lipinski definition) is 3. The van der Waals surface area contributed by atoms with Crippen molar-refractivity contribution >= 4 is 62.2 Å². The van der Waals surface area contributed by atoms with Gasteiger partial charge in [0.15, 0.2) is 5.58 Å². The fourth-order valence-electron chi connectivity index (χ4n) is 6.95. The number of aromatic nitrogens is 3. The molecule has 0 saturated carbocycles. The van der Waals surface area contributed by atoms with Gasteiger partial charge >= 0.3 is 0 Å². The van der Waals surface area contributed by atoms with Crippen LogP contribution in [0.25, 0.3) is 72.2 Å². The predicted octanol–water partition coefficient (Wildman–Crippen LogP) is 7.94. The van der Waals surface area contributed by atoms with Crippen molar-refractivity contribution in [2.24, 2.45) is 0 Å². The standard InChI is InChI=1S/C36H25N3OSi/c1-41(2)30-19-11-8-16-27(30)32-35(41)31(22-12-4-3-5-13-22)37-36(38-32)39-28-17-9-6-14-23(28)25-20-21-26-24-15-7-10-18-29(24)40-34(26)33(25)39/h3-21H,1-2H3. The lowest BCUT2D eigenvalue weighted by Gasteiger charge is -2.21. The lowest BCUT2D eigenvalue weighted by atomic mass is 10.1. The molecule has 1 aliphatic heterocycles. The molecule has 4 nitrogen and oxygen atoms in total. The molecule has 0 N–H and O–H groups in total. The molecule has 5 heteroatoms. The first-order valence-electron chi connectivity index (χ1n) is 14.0. The molecule has 0 fully saturated rings. The van der Waals surface area contributed by atoms with Crippen molar-refractivity contribution in [1.82, 2.24) is 14.5 Å². The number of benzene rings is 5. The molecule has 0 atom stereocenters. The Morgan fingerprint density at radius 3 is 2.17 bits per heavy atom. The van der Waals surface area contributed by atoms with Crippen molar-refractivity contribution < 1.29 is 4.42 Å². The molecule has 0 radical (unpaired) electrons. The average molecular weight is 544 g/mol. The van der Waals surface area contributed by atoms with Gasteiger partial charge in [0.25, 0.3) is 0 Å². The van der Waals surface area contributed by atoms with Crippen LogP contribution in [0.5, 0.6) is 0 Å². The van der Waals surface area contributed by atoms with Gasteiger partial charge in [0, 0.05) is 27.1 Å². The van der Waals surface area contributed by atoms with Gasteiger partial charge in [-0.15, -0.1) is 0 Å². The molecule has 0 amide bonds. The summed E-state index contributed by atoms with van der Waals surface area (Å²) in [6, 6.07) is 40.6. The molecule has 0 aliphatic carbocycles. The van der Waals surface area contributed by atoms with Crippen LogP contribution in [-0.4, -0.2) is 22.6 Å². The molecule has 0 spiro atoms. The molecular formula is C36H25N3OSi. The third-order valence-electron chi connectivity index (χ3n) is 8.80. The van der Waals surface area contributed by atoms with Crippen LogP contribution in [0.2, 0.25) is 13.1 Å². The summed E-state index contributed by atoms with van der Waals surface area (Å²) >= 11 is 0. The number of para-hydroxylation sites is 2. The summed E-state index contributed by atoms with van der Waals surface area (Å²) in [5, 5.41) is 7.23. The molecule has 1 aliphatic rings. The van der Waals surface area contributed by atoms with Gasteiger partial charge in [-0.2, -0.15) is 0 Å². The van der Waals surface area contributed by atoms with E-state index in [0.29, 0.717) is 5.95 Å². The lowest BCUT2D eigenvalue weighted by molar-refractivity contribution is 0.671. The van der Waals surface area contributed by atoms with Gasteiger partial charge in [-0.3, -0.25) is 4.57 Å². The fourth-order valence-corrected chi connectivity index (χ4v) is 10.2. The van der Waals surface area contributed by atoms with Crippen molar-refractivity contribution in [2.45, 2.75) is 13.1 Å². The fraction of sp³-hybridized carbons (Fsp3) is 0.0556. The molecule has 0 bridgehead atoms. The Balaban J connectivity index is 1.47. The second kappa shape index (κ2) is 8.02. The van der Waals surface area contributed by atoms with E-state index in [0.717, 1.165) is 60.7 Å². The van der Waals surface area contributed by atoms with Crippen LogP contribution >= 0.6 is 0 Å². The van der Waals surface area contributed by atoms with E-state index in [2.05, 4.69) is 121 Å². The van der Waals surface area contributed by atoms with E-state index in [9.17, 15) is 0 Å². The maximum Gasteiger partial charge on any atom is 0.235 e. The van der Waals surface area contributed by atoms with Gasteiger partial charge in [0.05, 0.1) is 16.9 Å². The molecule has 0 saturated heterocycles. The van der Waals surface area contributed by atoms with E-state index >= 15 is 0 Å². The number of nitrogens with zero attached hydrogens (tertiary/aromatic N) is 3. The predicted molar refractivity (Wildman–Crippen MR) is 171 cm³/mol. The summed E-state index contributed by atoms with van der Waals surface area (Å²) in [5.74, 6) is 0.670. The highest BCUT2D eigenvalue weighted by atomic mass is 28.3. The summed E-state index contributed by atoms with van der Waals surface area (Å²) in [4.78, 5) is 10.9. The zero-order chi connectivity index (χ0) is 27.3. The average Bonchev–Trinajstić information content (AvgIpc) is 3.64. The Kier molecular flexibility index (Phi) is 4.46. The van der Waals surface area contributed by atoms with Gasteiger partial charge in [0.1, 0.15) is 19.2 Å². The minimum absolute atomic E-state index is 0.670. The summed E-state index contributed by atoms with van der Waals surface area (Å²) in [7, 11) is -2.04. The summed E-state index contributed by atoms with van der Waals surface area (Å²) in [6.45, 7) is 4.84. The van der Waals surface area contributed by atoms with Gasteiger partial charge < -0.3 is 4.42 Å². The third kappa shape index (κ3) is 2.98. The van der Waals surface area contributed by atoms with E-state index in [-0.39, 0.29) is 0 Å². The SMILES string of the molecule is C[Si]1(C)c2ccccc2-c2nc(-n3c4ccccc4c4ccc5c6ccccc6oc5c43)nc(-c3ccccc3)c21. The number of rotatable bonds is 2. The van der Waals surface area contributed by atoms with Crippen LogP contribution in [0.3, 0.4) is 0 Å². The third-order valence-corrected chi connectivity index (χ3v) is 12.3. The highest BCUT2D eigenvalue weighted by molar-refractivity contribution is 7.04. The molecule has 5 aromatic carbocycles. The van der Waals surface area contributed by atoms with E-state index < -0.39 is 8.07 Å². The van der Waals surface area contributed by atoms with Gasteiger partial charge in [-0.05, 0) is 34.1 Å². The second-order valence-corrected chi connectivity index (χ2v) is 15.7. The second-order valence-electron chi connectivity index (χ2n) is 11.4. The van der Waals surface area contributed by atoms with Crippen molar-refractivity contribution in [3.63, 3.8) is 0 Å². The molecule has 4 heterocycles. The molecule has 194 valence electrons. The Bertz CT molecular complexity index is 2350. The van der Waals surface area contributed by atoms with E-state index in [1.54, 1.807) is 0 Å². The normalized spacial score (nSPS) is 13.8. The van der Waals surface area contributed by atoms with Crippen molar-refractivity contribution in [3.05, 3.63) is 115 Å². The van der Waals surface area contributed by atoms with Crippen LogP contribution in [0.15, 0.2) is 120 Å². The van der Waals surface area contributed by atoms with Gasteiger partial charge in [-0.25, -0.2) is 9.97 Å². The highest BCUT2D eigenvalue weighted by Crippen LogP contribution is 2.40.